The third kappa shape index (κ3) is 2.87. The average molecular weight is 285 g/mol. The van der Waals surface area contributed by atoms with E-state index in [9.17, 15) is 9.59 Å². The second-order valence-corrected chi connectivity index (χ2v) is 5.46. The highest BCUT2D eigenvalue weighted by Gasteiger charge is 2.44. The lowest BCUT2D eigenvalue weighted by Gasteiger charge is -2.36. The molecular weight excluding hydrogens is 266 g/mol. The molecule has 2 aliphatic rings. The molecule has 0 bridgehead atoms. The summed E-state index contributed by atoms with van der Waals surface area (Å²) in [4.78, 5) is 24.3. The number of carbonyl (C=O) groups is 2. The number of ether oxygens (including phenoxy) is 1. The van der Waals surface area contributed by atoms with Gasteiger partial charge in [0.1, 0.15) is 11.5 Å². The van der Waals surface area contributed by atoms with Gasteiger partial charge in [0.2, 0.25) is 11.8 Å². The Bertz CT molecular complexity index is 394. The van der Waals surface area contributed by atoms with Gasteiger partial charge in [0.05, 0.1) is 4.99 Å². The van der Waals surface area contributed by atoms with Crippen LogP contribution in [-0.2, 0) is 14.3 Å². The Kier molecular flexibility index (Phi) is 4.36. The van der Waals surface area contributed by atoms with Gasteiger partial charge in [-0.25, -0.2) is 0 Å². The first-order valence-electron chi connectivity index (χ1n) is 6.52. The molecule has 0 saturated carbocycles. The molecule has 0 aromatic carbocycles. The number of piperidine rings is 1. The zero-order valence-electron chi connectivity index (χ0n) is 10.7. The van der Waals surface area contributed by atoms with Crippen LogP contribution in [0.15, 0.2) is 0 Å². The smallest absolute Gasteiger partial charge is 0.242 e. The molecule has 1 unspecified atom stereocenters. The van der Waals surface area contributed by atoms with E-state index in [0.717, 1.165) is 6.42 Å². The molecule has 2 amide bonds. The average Bonchev–Trinajstić information content (AvgIpc) is 2.42. The second-order valence-electron chi connectivity index (χ2n) is 5.02. The summed E-state index contributed by atoms with van der Waals surface area (Å²) in [6, 6.07) is -0.477. The van der Waals surface area contributed by atoms with Crippen molar-refractivity contribution >= 4 is 29.0 Å². The topological polar surface area (TPSA) is 93.5 Å². The number of thiocarbonyl (C=S) groups is 1. The summed E-state index contributed by atoms with van der Waals surface area (Å²) in [5.74, 6) is -0.380. The summed E-state index contributed by atoms with van der Waals surface area (Å²) in [5, 5.41) is 5.53. The van der Waals surface area contributed by atoms with Gasteiger partial charge in [0, 0.05) is 19.8 Å². The van der Waals surface area contributed by atoms with Crippen molar-refractivity contribution in [2.24, 2.45) is 11.1 Å². The van der Waals surface area contributed by atoms with Crippen molar-refractivity contribution in [3.8, 4) is 0 Å². The van der Waals surface area contributed by atoms with Crippen molar-refractivity contribution in [3.05, 3.63) is 0 Å². The SMILES string of the molecule is NC(=S)C1(C(=O)NC2CCCNC2=O)CCOCC1. The number of nitrogens with two attached hydrogens (primary N) is 1. The van der Waals surface area contributed by atoms with E-state index in [0.29, 0.717) is 39.0 Å². The third-order valence-electron chi connectivity index (χ3n) is 3.84. The number of hydrogen-bond acceptors (Lipinski definition) is 4. The van der Waals surface area contributed by atoms with Gasteiger partial charge in [-0.3, -0.25) is 9.59 Å². The number of amides is 2. The van der Waals surface area contributed by atoms with Crippen LogP contribution in [0.3, 0.4) is 0 Å². The van der Waals surface area contributed by atoms with E-state index >= 15 is 0 Å². The summed E-state index contributed by atoms with van der Waals surface area (Å²) >= 11 is 5.06. The minimum atomic E-state index is -0.870. The molecular formula is C12H19N3O3S. The fraction of sp³-hybridized carbons (Fsp3) is 0.750. The first-order chi connectivity index (χ1) is 9.06. The van der Waals surface area contributed by atoms with Crippen molar-refractivity contribution < 1.29 is 14.3 Å². The van der Waals surface area contributed by atoms with Crippen LogP contribution in [-0.4, -0.2) is 42.6 Å². The first-order valence-corrected chi connectivity index (χ1v) is 6.93. The van der Waals surface area contributed by atoms with E-state index in [-0.39, 0.29) is 16.8 Å². The molecule has 0 aromatic rings. The van der Waals surface area contributed by atoms with Crippen molar-refractivity contribution in [2.45, 2.75) is 31.7 Å². The molecule has 2 aliphatic heterocycles. The molecule has 2 fully saturated rings. The second kappa shape index (κ2) is 5.83. The van der Waals surface area contributed by atoms with Crippen LogP contribution in [0.1, 0.15) is 25.7 Å². The lowest BCUT2D eigenvalue weighted by atomic mass is 9.79. The maximum absolute atomic E-state index is 12.5. The fourth-order valence-corrected chi connectivity index (χ4v) is 2.81. The van der Waals surface area contributed by atoms with Crippen LogP contribution in [0.5, 0.6) is 0 Å². The van der Waals surface area contributed by atoms with Crippen molar-refractivity contribution in [1.82, 2.24) is 10.6 Å². The predicted octanol–water partition coefficient (Wildman–Crippen LogP) is -0.536. The monoisotopic (exact) mass is 285 g/mol. The van der Waals surface area contributed by atoms with Gasteiger partial charge < -0.3 is 21.1 Å². The molecule has 0 radical (unpaired) electrons. The largest absolute Gasteiger partial charge is 0.392 e. The summed E-state index contributed by atoms with van der Waals surface area (Å²) in [6.45, 7) is 1.59. The van der Waals surface area contributed by atoms with E-state index in [1.54, 1.807) is 0 Å². The quantitative estimate of drug-likeness (QED) is 0.606. The molecule has 0 aliphatic carbocycles. The standard InChI is InChI=1S/C12H19N3O3S/c13-10(19)12(3-6-18-7-4-12)11(17)15-8-2-1-5-14-9(8)16/h8H,1-7H2,(H2,13,19)(H,14,16)(H,15,17). The lowest BCUT2D eigenvalue weighted by Crippen LogP contribution is -2.58. The van der Waals surface area contributed by atoms with E-state index in [4.69, 9.17) is 22.7 Å². The van der Waals surface area contributed by atoms with Gasteiger partial charge in [-0.2, -0.15) is 0 Å². The summed E-state index contributed by atoms with van der Waals surface area (Å²) < 4.78 is 5.26. The van der Waals surface area contributed by atoms with Crippen LogP contribution in [0.2, 0.25) is 0 Å². The highest BCUT2D eigenvalue weighted by atomic mass is 32.1. The van der Waals surface area contributed by atoms with Gasteiger partial charge >= 0.3 is 0 Å². The van der Waals surface area contributed by atoms with Crippen molar-refractivity contribution in [3.63, 3.8) is 0 Å². The first kappa shape index (κ1) is 14.2. The third-order valence-corrected chi connectivity index (χ3v) is 4.23. The van der Waals surface area contributed by atoms with E-state index < -0.39 is 11.5 Å². The molecule has 4 N–H and O–H groups in total. The van der Waals surface area contributed by atoms with Crippen LogP contribution in [0.4, 0.5) is 0 Å². The Morgan fingerprint density at radius 1 is 1.47 bits per heavy atom. The molecule has 7 heteroatoms. The summed E-state index contributed by atoms with van der Waals surface area (Å²) in [5.41, 5.74) is 4.89. The molecule has 1 atom stereocenters. The normalized spacial score (nSPS) is 26.3. The number of nitrogens with one attached hydrogen (secondary N) is 2. The minimum absolute atomic E-state index is 0.134. The van der Waals surface area contributed by atoms with Gasteiger partial charge in [0.25, 0.3) is 0 Å². The minimum Gasteiger partial charge on any atom is -0.392 e. The molecule has 2 saturated heterocycles. The van der Waals surface area contributed by atoms with Gasteiger partial charge in [-0.15, -0.1) is 0 Å². The number of rotatable bonds is 3. The van der Waals surface area contributed by atoms with Crippen LogP contribution < -0.4 is 16.4 Å². The Morgan fingerprint density at radius 2 is 2.16 bits per heavy atom. The number of hydrogen-bond donors (Lipinski definition) is 3. The van der Waals surface area contributed by atoms with Crippen LogP contribution in [0, 0.1) is 5.41 Å². The van der Waals surface area contributed by atoms with Gasteiger partial charge in [-0.05, 0) is 25.7 Å². The van der Waals surface area contributed by atoms with E-state index in [1.807, 2.05) is 0 Å². The predicted molar refractivity (Wildman–Crippen MR) is 73.4 cm³/mol. The molecule has 19 heavy (non-hydrogen) atoms. The maximum Gasteiger partial charge on any atom is 0.242 e. The summed E-state index contributed by atoms with van der Waals surface area (Å²) in [7, 11) is 0. The highest BCUT2D eigenvalue weighted by molar-refractivity contribution is 7.80. The lowest BCUT2D eigenvalue weighted by molar-refractivity contribution is -0.136. The fourth-order valence-electron chi connectivity index (χ4n) is 2.51. The Hall–Kier alpha value is -1.21. The molecule has 0 spiro atoms. The van der Waals surface area contributed by atoms with Crippen LogP contribution >= 0.6 is 12.2 Å². The molecule has 2 rings (SSSR count). The highest BCUT2D eigenvalue weighted by Crippen LogP contribution is 2.31. The molecule has 6 nitrogen and oxygen atoms in total. The van der Waals surface area contributed by atoms with Gasteiger partial charge in [0.15, 0.2) is 0 Å². The Morgan fingerprint density at radius 3 is 2.74 bits per heavy atom. The van der Waals surface area contributed by atoms with Gasteiger partial charge in [-0.1, -0.05) is 12.2 Å². The number of carbonyl (C=O) groups excluding carboxylic acids is 2. The summed E-state index contributed by atoms with van der Waals surface area (Å²) in [6.07, 6.45) is 2.46. The maximum atomic E-state index is 12.5. The van der Waals surface area contributed by atoms with Crippen LogP contribution in [0.25, 0.3) is 0 Å². The van der Waals surface area contributed by atoms with E-state index in [1.165, 1.54) is 0 Å². The molecule has 2 heterocycles. The Balaban J connectivity index is 2.07. The molecule has 106 valence electrons. The Labute approximate surface area is 117 Å². The zero-order valence-corrected chi connectivity index (χ0v) is 11.6. The van der Waals surface area contributed by atoms with Crippen molar-refractivity contribution in [1.29, 1.82) is 0 Å². The van der Waals surface area contributed by atoms with Crippen molar-refractivity contribution in [2.75, 3.05) is 19.8 Å². The van der Waals surface area contributed by atoms with E-state index in [2.05, 4.69) is 10.6 Å². The molecule has 0 aromatic heterocycles. The zero-order chi connectivity index (χ0) is 13.9.